The summed E-state index contributed by atoms with van der Waals surface area (Å²) in [5.74, 6) is 0.371. The average molecular weight is 432 g/mol. The number of carbonyl (C=O) groups is 2. The van der Waals surface area contributed by atoms with Crippen LogP contribution in [0, 0.1) is 6.92 Å². The van der Waals surface area contributed by atoms with Gasteiger partial charge in [0.05, 0.1) is 12.8 Å². The SMILES string of the molecule is CCN1C(=O)C(CC(=O)Nc2ccc(OC)cc2)SC1=Nc1ccc(C)c(Cl)c1. The molecule has 3 rings (SSSR count). The van der Waals surface area contributed by atoms with Gasteiger partial charge in [0.25, 0.3) is 0 Å². The maximum absolute atomic E-state index is 12.7. The molecule has 0 saturated carbocycles. The van der Waals surface area contributed by atoms with Crippen LogP contribution in [-0.4, -0.2) is 40.8 Å². The number of rotatable bonds is 6. The van der Waals surface area contributed by atoms with Crippen molar-refractivity contribution in [2.24, 2.45) is 4.99 Å². The third-order valence-electron chi connectivity index (χ3n) is 4.46. The van der Waals surface area contributed by atoms with Crippen molar-refractivity contribution >= 4 is 51.7 Å². The number of amides is 2. The first kappa shape index (κ1) is 21.2. The van der Waals surface area contributed by atoms with Crippen molar-refractivity contribution in [2.75, 3.05) is 19.0 Å². The van der Waals surface area contributed by atoms with Gasteiger partial charge in [-0.2, -0.15) is 0 Å². The molecule has 1 unspecified atom stereocenters. The second kappa shape index (κ2) is 9.33. The Labute approximate surface area is 179 Å². The Bertz CT molecular complexity index is 947. The minimum Gasteiger partial charge on any atom is -0.497 e. The number of hydrogen-bond donors (Lipinski definition) is 1. The zero-order chi connectivity index (χ0) is 21.0. The molecule has 1 aliphatic rings. The molecule has 1 fully saturated rings. The summed E-state index contributed by atoms with van der Waals surface area (Å²) in [5.41, 5.74) is 2.30. The lowest BCUT2D eigenvalue weighted by atomic mass is 10.2. The highest BCUT2D eigenvalue weighted by Gasteiger charge is 2.38. The Kier molecular flexibility index (Phi) is 6.82. The lowest BCUT2D eigenvalue weighted by Crippen LogP contribution is -2.33. The summed E-state index contributed by atoms with van der Waals surface area (Å²) in [6.45, 7) is 4.29. The van der Waals surface area contributed by atoms with E-state index in [0.717, 1.165) is 5.56 Å². The van der Waals surface area contributed by atoms with E-state index in [-0.39, 0.29) is 18.2 Å². The van der Waals surface area contributed by atoms with E-state index in [0.29, 0.717) is 33.9 Å². The predicted octanol–water partition coefficient (Wildman–Crippen LogP) is 4.64. The minimum absolute atomic E-state index is 0.0692. The zero-order valence-corrected chi connectivity index (χ0v) is 18.0. The van der Waals surface area contributed by atoms with Crippen molar-refractivity contribution in [1.29, 1.82) is 0 Å². The monoisotopic (exact) mass is 431 g/mol. The van der Waals surface area contributed by atoms with Crippen molar-refractivity contribution in [2.45, 2.75) is 25.5 Å². The standard InChI is InChI=1S/C21H22ClN3O3S/c1-4-25-20(27)18(12-19(26)23-14-7-9-16(28-3)10-8-14)29-21(25)24-15-6-5-13(2)17(22)11-15/h5-11,18H,4,12H2,1-3H3,(H,23,26). The summed E-state index contributed by atoms with van der Waals surface area (Å²) in [5, 5.41) is 3.52. The Morgan fingerprint density at radius 2 is 2.00 bits per heavy atom. The van der Waals surface area contributed by atoms with Gasteiger partial charge in [-0.25, -0.2) is 4.99 Å². The number of nitrogens with zero attached hydrogens (tertiary/aromatic N) is 2. The summed E-state index contributed by atoms with van der Waals surface area (Å²) in [4.78, 5) is 31.3. The van der Waals surface area contributed by atoms with Gasteiger partial charge in [-0.15, -0.1) is 0 Å². The van der Waals surface area contributed by atoms with Crippen molar-refractivity contribution < 1.29 is 14.3 Å². The molecule has 0 spiro atoms. The number of benzene rings is 2. The van der Waals surface area contributed by atoms with Crippen molar-refractivity contribution in [3.8, 4) is 5.75 Å². The van der Waals surface area contributed by atoms with Crippen molar-refractivity contribution in [3.05, 3.63) is 53.1 Å². The number of nitrogens with one attached hydrogen (secondary N) is 1. The normalized spacial score (nSPS) is 17.7. The Hall–Kier alpha value is -2.51. The van der Waals surface area contributed by atoms with E-state index in [9.17, 15) is 9.59 Å². The van der Waals surface area contributed by atoms with E-state index in [2.05, 4.69) is 10.3 Å². The van der Waals surface area contributed by atoms with Gasteiger partial charge in [0.1, 0.15) is 11.0 Å². The Morgan fingerprint density at radius 1 is 1.28 bits per heavy atom. The topological polar surface area (TPSA) is 71.0 Å². The number of aliphatic imine (C=N–C) groups is 1. The molecule has 2 aromatic carbocycles. The molecule has 1 aliphatic heterocycles. The summed E-state index contributed by atoms with van der Waals surface area (Å²) >= 11 is 7.48. The second-order valence-electron chi connectivity index (χ2n) is 6.50. The number of hydrogen-bond acceptors (Lipinski definition) is 5. The van der Waals surface area contributed by atoms with Crippen LogP contribution in [0.1, 0.15) is 18.9 Å². The minimum atomic E-state index is -0.507. The van der Waals surface area contributed by atoms with Crippen molar-refractivity contribution in [3.63, 3.8) is 0 Å². The molecule has 29 heavy (non-hydrogen) atoms. The molecule has 0 radical (unpaired) electrons. The van der Waals surface area contributed by atoms with Crippen LogP contribution in [-0.2, 0) is 9.59 Å². The smallest absolute Gasteiger partial charge is 0.242 e. The van der Waals surface area contributed by atoms with E-state index in [1.807, 2.05) is 26.0 Å². The first-order chi connectivity index (χ1) is 13.9. The first-order valence-electron chi connectivity index (χ1n) is 9.18. The summed E-state index contributed by atoms with van der Waals surface area (Å²) < 4.78 is 5.11. The number of methoxy groups -OCH3 is 1. The largest absolute Gasteiger partial charge is 0.497 e. The summed E-state index contributed by atoms with van der Waals surface area (Å²) in [6, 6.07) is 12.6. The first-order valence-corrected chi connectivity index (χ1v) is 10.4. The number of ether oxygens (including phenoxy) is 1. The molecule has 1 saturated heterocycles. The van der Waals surface area contributed by atoms with E-state index in [4.69, 9.17) is 16.3 Å². The van der Waals surface area contributed by atoms with Gasteiger partial charge in [-0.3, -0.25) is 14.5 Å². The van der Waals surface area contributed by atoms with Crippen LogP contribution >= 0.6 is 23.4 Å². The highest BCUT2D eigenvalue weighted by Crippen LogP contribution is 2.32. The quantitative estimate of drug-likeness (QED) is 0.723. The molecule has 1 heterocycles. The molecule has 1 atom stereocenters. The summed E-state index contributed by atoms with van der Waals surface area (Å²) in [6.07, 6.45) is 0.0692. The fourth-order valence-electron chi connectivity index (χ4n) is 2.83. The van der Waals surface area contributed by atoms with E-state index >= 15 is 0 Å². The number of thioether (sulfide) groups is 1. The van der Waals surface area contributed by atoms with Crippen LogP contribution in [0.25, 0.3) is 0 Å². The predicted molar refractivity (Wildman–Crippen MR) is 118 cm³/mol. The van der Waals surface area contributed by atoms with E-state index in [1.54, 1.807) is 42.3 Å². The van der Waals surface area contributed by atoms with Crippen LogP contribution in [0.15, 0.2) is 47.5 Å². The molecule has 0 aliphatic carbocycles. The van der Waals surface area contributed by atoms with Gasteiger partial charge in [0.2, 0.25) is 11.8 Å². The number of aryl methyl sites for hydroxylation is 1. The maximum Gasteiger partial charge on any atom is 0.242 e. The van der Waals surface area contributed by atoms with Crippen LogP contribution in [0.4, 0.5) is 11.4 Å². The Balaban J connectivity index is 1.69. The number of carbonyl (C=O) groups excluding carboxylic acids is 2. The molecule has 6 nitrogen and oxygen atoms in total. The Morgan fingerprint density at radius 3 is 2.62 bits per heavy atom. The van der Waals surface area contributed by atoms with Crippen LogP contribution in [0.5, 0.6) is 5.75 Å². The van der Waals surface area contributed by atoms with Crippen LogP contribution < -0.4 is 10.1 Å². The highest BCUT2D eigenvalue weighted by molar-refractivity contribution is 8.15. The third kappa shape index (κ3) is 5.10. The molecule has 152 valence electrons. The number of anilines is 1. The van der Waals surface area contributed by atoms with Gasteiger partial charge in [0, 0.05) is 23.7 Å². The number of amidine groups is 1. The van der Waals surface area contributed by atoms with Gasteiger partial charge in [0.15, 0.2) is 5.17 Å². The lowest BCUT2D eigenvalue weighted by Gasteiger charge is -2.13. The molecular formula is C21H22ClN3O3S. The summed E-state index contributed by atoms with van der Waals surface area (Å²) in [7, 11) is 1.58. The molecule has 0 aromatic heterocycles. The van der Waals surface area contributed by atoms with Gasteiger partial charge in [-0.05, 0) is 55.8 Å². The second-order valence-corrected chi connectivity index (χ2v) is 8.07. The van der Waals surface area contributed by atoms with Crippen LogP contribution in [0.3, 0.4) is 0 Å². The van der Waals surface area contributed by atoms with Crippen molar-refractivity contribution in [1.82, 2.24) is 4.90 Å². The molecule has 0 bridgehead atoms. The molecule has 2 aromatic rings. The third-order valence-corrected chi connectivity index (χ3v) is 6.04. The highest BCUT2D eigenvalue weighted by atomic mass is 35.5. The fraction of sp³-hybridized carbons (Fsp3) is 0.286. The van der Waals surface area contributed by atoms with Crippen LogP contribution in [0.2, 0.25) is 5.02 Å². The maximum atomic E-state index is 12.7. The number of halogens is 1. The van der Waals surface area contributed by atoms with E-state index in [1.165, 1.54) is 11.8 Å². The van der Waals surface area contributed by atoms with Gasteiger partial charge >= 0.3 is 0 Å². The zero-order valence-electron chi connectivity index (χ0n) is 16.4. The molecule has 8 heteroatoms. The fourth-order valence-corrected chi connectivity index (χ4v) is 4.23. The van der Waals surface area contributed by atoms with Gasteiger partial charge < -0.3 is 10.1 Å². The van der Waals surface area contributed by atoms with Gasteiger partial charge in [-0.1, -0.05) is 29.4 Å². The lowest BCUT2D eigenvalue weighted by molar-refractivity contribution is -0.128. The molecular weight excluding hydrogens is 410 g/mol. The van der Waals surface area contributed by atoms with E-state index < -0.39 is 5.25 Å². The average Bonchev–Trinajstić information content (AvgIpc) is 2.99. The molecule has 1 N–H and O–H groups in total. The molecule has 2 amide bonds.